The molecule has 0 radical (unpaired) electrons. The van der Waals surface area contributed by atoms with Gasteiger partial charge in [-0.2, -0.15) is 17.9 Å². The summed E-state index contributed by atoms with van der Waals surface area (Å²) in [5, 5.41) is 0. The molecule has 1 aromatic heterocycles. The molecule has 1 rings (SSSR count). The zero-order valence-electron chi connectivity index (χ0n) is 9.08. The number of H-pyrrole nitrogens is 1. The average molecular weight is 285 g/mol. The summed E-state index contributed by atoms with van der Waals surface area (Å²) in [6.07, 6.45) is -3.64. The van der Waals surface area contributed by atoms with Crippen molar-refractivity contribution in [2.24, 2.45) is 5.73 Å². The predicted molar refractivity (Wildman–Crippen MR) is 55.1 cm³/mol. The number of alkyl halides is 3. The molecule has 0 saturated heterocycles. The van der Waals surface area contributed by atoms with Crippen molar-refractivity contribution in [2.45, 2.75) is 24.0 Å². The molecular weight excluding hydrogens is 275 g/mol. The van der Waals surface area contributed by atoms with E-state index in [9.17, 15) is 26.4 Å². The number of carbonyl (C=O) groups is 1. The van der Waals surface area contributed by atoms with Crippen LogP contribution in [0.5, 0.6) is 0 Å². The second-order valence-electron chi connectivity index (χ2n) is 3.47. The van der Waals surface area contributed by atoms with Gasteiger partial charge >= 0.3 is 6.18 Å². The molecule has 0 aliphatic carbocycles. The number of primary amides is 1. The van der Waals surface area contributed by atoms with E-state index in [2.05, 4.69) is 4.98 Å². The molecule has 4 N–H and O–H groups in total. The van der Waals surface area contributed by atoms with Crippen LogP contribution in [0.25, 0.3) is 0 Å². The summed E-state index contributed by atoms with van der Waals surface area (Å²) in [6, 6.07) is -1.33. The van der Waals surface area contributed by atoms with E-state index in [1.165, 1.54) is 4.72 Å². The van der Waals surface area contributed by atoms with Gasteiger partial charge in [0, 0.05) is 6.20 Å². The van der Waals surface area contributed by atoms with Gasteiger partial charge in [0.05, 0.1) is 0 Å². The molecule has 1 atom stereocenters. The van der Waals surface area contributed by atoms with E-state index in [0.717, 1.165) is 12.3 Å². The number of nitrogens with one attached hydrogen (secondary N) is 2. The minimum Gasteiger partial charge on any atom is -0.364 e. The molecule has 102 valence electrons. The van der Waals surface area contributed by atoms with Crippen molar-refractivity contribution < 1.29 is 26.4 Å². The van der Waals surface area contributed by atoms with Gasteiger partial charge in [-0.05, 0) is 13.0 Å². The molecule has 1 heterocycles. The van der Waals surface area contributed by atoms with Crippen LogP contribution in [0.2, 0.25) is 0 Å². The predicted octanol–water partition coefficient (Wildman–Crippen LogP) is 0.343. The Morgan fingerprint density at radius 3 is 2.50 bits per heavy atom. The van der Waals surface area contributed by atoms with E-state index in [4.69, 9.17) is 5.73 Å². The van der Waals surface area contributed by atoms with Gasteiger partial charge in [-0.1, -0.05) is 0 Å². The molecule has 1 amide bonds. The first-order valence-corrected chi connectivity index (χ1v) is 6.10. The van der Waals surface area contributed by atoms with Crippen molar-refractivity contribution >= 4 is 15.9 Å². The van der Waals surface area contributed by atoms with Gasteiger partial charge in [-0.15, -0.1) is 0 Å². The number of halogens is 3. The number of rotatable bonds is 4. The van der Waals surface area contributed by atoms with Gasteiger partial charge < -0.3 is 10.7 Å². The molecule has 18 heavy (non-hydrogen) atoms. The molecule has 0 fully saturated rings. The monoisotopic (exact) mass is 285 g/mol. The minimum atomic E-state index is -4.73. The summed E-state index contributed by atoms with van der Waals surface area (Å²) in [7, 11) is -4.48. The van der Waals surface area contributed by atoms with Gasteiger partial charge in [-0.25, -0.2) is 8.42 Å². The van der Waals surface area contributed by atoms with Crippen molar-refractivity contribution in [3.63, 3.8) is 0 Å². The molecule has 10 heteroatoms. The SMILES string of the molecule is C[C@@H](NS(=O)(=O)c1cc[nH]c1C(N)=O)C(F)(F)F. The maximum absolute atomic E-state index is 12.3. The summed E-state index contributed by atoms with van der Waals surface area (Å²) >= 11 is 0. The topological polar surface area (TPSA) is 105 Å². The highest BCUT2D eigenvalue weighted by Crippen LogP contribution is 2.22. The number of aromatic amines is 1. The van der Waals surface area contributed by atoms with Crippen molar-refractivity contribution in [3.8, 4) is 0 Å². The average Bonchev–Trinajstić information content (AvgIpc) is 2.63. The van der Waals surface area contributed by atoms with Crippen molar-refractivity contribution in [3.05, 3.63) is 18.0 Å². The normalized spacial score (nSPS) is 14.4. The Morgan fingerprint density at radius 2 is 2.06 bits per heavy atom. The number of carbonyl (C=O) groups excluding carboxylic acids is 1. The van der Waals surface area contributed by atoms with Crippen LogP contribution in [0.3, 0.4) is 0 Å². The zero-order chi connectivity index (χ0) is 14.1. The number of sulfonamides is 1. The Morgan fingerprint density at radius 1 is 1.50 bits per heavy atom. The Bertz CT molecular complexity index is 549. The largest absolute Gasteiger partial charge is 0.404 e. The van der Waals surface area contributed by atoms with Crippen LogP contribution >= 0.6 is 0 Å². The lowest BCUT2D eigenvalue weighted by atomic mass is 10.4. The van der Waals surface area contributed by atoms with Crippen LogP contribution in [-0.4, -0.2) is 31.5 Å². The highest BCUT2D eigenvalue weighted by molar-refractivity contribution is 7.89. The van der Waals surface area contributed by atoms with E-state index in [-0.39, 0.29) is 0 Å². The van der Waals surface area contributed by atoms with Crippen LogP contribution in [-0.2, 0) is 10.0 Å². The quantitative estimate of drug-likeness (QED) is 0.743. The van der Waals surface area contributed by atoms with Crippen LogP contribution in [0, 0.1) is 0 Å². The molecule has 0 bridgehead atoms. The zero-order valence-corrected chi connectivity index (χ0v) is 9.89. The van der Waals surface area contributed by atoms with Crippen molar-refractivity contribution in [1.29, 1.82) is 0 Å². The van der Waals surface area contributed by atoms with Gasteiger partial charge in [0.25, 0.3) is 5.91 Å². The van der Waals surface area contributed by atoms with Gasteiger partial charge in [-0.3, -0.25) is 4.79 Å². The summed E-state index contributed by atoms with van der Waals surface area (Å²) in [5.41, 5.74) is 4.41. The lowest BCUT2D eigenvalue weighted by Crippen LogP contribution is -2.43. The lowest BCUT2D eigenvalue weighted by Gasteiger charge is -2.17. The highest BCUT2D eigenvalue weighted by Gasteiger charge is 2.39. The molecule has 0 aromatic carbocycles. The first kappa shape index (κ1) is 14.5. The number of nitrogens with two attached hydrogens (primary N) is 1. The Balaban J connectivity index is 3.08. The maximum atomic E-state index is 12.3. The lowest BCUT2D eigenvalue weighted by molar-refractivity contribution is -0.147. The summed E-state index contributed by atoms with van der Waals surface area (Å²) in [5.74, 6) is -1.08. The van der Waals surface area contributed by atoms with E-state index >= 15 is 0 Å². The number of aromatic nitrogens is 1. The summed E-state index contributed by atoms with van der Waals surface area (Å²) < 4.78 is 61.4. The van der Waals surface area contributed by atoms with Crippen LogP contribution < -0.4 is 10.5 Å². The standard InChI is InChI=1S/C8H10F3N3O3S/c1-4(8(9,10)11)14-18(16,17)5-2-3-13-6(5)7(12)15/h2-4,13-14H,1H3,(H2,12,15)/t4-/m1/s1. The second-order valence-corrected chi connectivity index (χ2v) is 5.15. The van der Waals surface area contributed by atoms with Crippen LogP contribution in [0.15, 0.2) is 17.2 Å². The molecule has 0 aliphatic heterocycles. The van der Waals surface area contributed by atoms with E-state index in [0.29, 0.717) is 6.92 Å². The number of hydrogen-bond donors (Lipinski definition) is 3. The van der Waals surface area contributed by atoms with E-state index < -0.39 is 38.7 Å². The van der Waals surface area contributed by atoms with E-state index in [1.807, 2.05) is 0 Å². The fourth-order valence-corrected chi connectivity index (χ4v) is 2.54. The molecule has 1 aromatic rings. The first-order chi connectivity index (χ1) is 8.05. The third kappa shape index (κ3) is 3.01. The van der Waals surface area contributed by atoms with Crippen LogP contribution in [0.1, 0.15) is 17.4 Å². The molecule has 6 nitrogen and oxygen atoms in total. The third-order valence-electron chi connectivity index (χ3n) is 2.07. The minimum absolute atomic E-state index is 0.475. The fourth-order valence-electron chi connectivity index (χ4n) is 1.13. The first-order valence-electron chi connectivity index (χ1n) is 4.62. The Hall–Kier alpha value is -1.55. The molecule has 0 unspecified atom stereocenters. The smallest absolute Gasteiger partial charge is 0.364 e. The molecule has 0 spiro atoms. The molecule has 0 aliphatic rings. The maximum Gasteiger partial charge on any atom is 0.404 e. The van der Waals surface area contributed by atoms with Crippen LogP contribution in [0.4, 0.5) is 13.2 Å². The van der Waals surface area contributed by atoms with Gasteiger partial charge in [0.15, 0.2) is 0 Å². The number of amides is 1. The van der Waals surface area contributed by atoms with Crippen molar-refractivity contribution in [2.75, 3.05) is 0 Å². The summed E-state index contributed by atoms with van der Waals surface area (Å²) in [6.45, 7) is 0.647. The fraction of sp³-hybridized carbons (Fsp3) is 0.375. The van der Waals surface area contributed by atoms with Gasteiger partial charge in [0.1, 0.15) is 16.6 Å². The van der Waals surface area contributed by atoms with E-state index in [1.54, 1.807) is 0 Å². The highest BCUT2D eigenvalue weighted by atomic mass is 32.2. The third-order valence-corrected chi connectivity index (χ3v) is 3.65. The Kier molecular flexibility index (Phi) is 3.72. The van der Waals surface area contributed by atoms with Gasteiger partial charge in [0.2, 0.25) is 10.0 Å². The Labute approximate surface area is 100 Å². The van der Waals surface area contributed by atoms with Crippen molar-refractivity contribution in [1.82, 2.24) is 9.71 Å². The summed E-state index contributed by atoms with van der Waals surface area (Å²) in [4.78, 5) is 12.5. The second kappa shape index (κ2) is 4.61. The molecular formula is C8H10F3N3O3S. The molecule has 0 saturated carbocycles. The number of hydrogen-bond acceptors (Lipinski definition) is 3.